The second-order valence-corrected chi connectivity index (χ2v) is 6.71. The number of hydrogen-bond acceptors (Lipinski definition) is 4. The van der Waals surface area contributed by atoms with Crippen LogP contribution in [-0.2, 0) is 0 Å². The normalized spacial score (nSPS) is 15.1. The van der Waals surface area contributed by atoms with Crippen LogP contribution < -0.4 is 10.6 Å². The van der Waals surface area contributed by atoms with Gasteiger partial charge in [-0.05, 0) is 37.3 Å². The zero-order chi connectivity index (χ0) is 16.2. The van der Waals surface area contributed by atoms with Crippen LogP contribution in [0.3, 0.4) is 0 Å². The molecular formula is C19H26N4. The maximum Gasteiger partial charge on any atom is 0.229 e. The van der Waals surface area contributed by atoms with Crippen LogP contribution in [0.5, 0.6) is 0 Å². The lowest BCUT2D eigenvalue weighted by atomic mass is 10.0. The van der Waals surface area contributed by atoms with Gasteiger partial charge < -0.3 is 10.6 Å². The summed E-state index contributed by atoms with van der Waals surface area (Å²) in [5.41, 5.74) is 3.34. The second kappa shape index (κ2) is 6.99. The van der Waals surface area contributed by atoms with Gasteiger partial charge in [-0.3, -0.25) is 0 Å². The fraction of sp³-hybridized carbons (Fsp3) is 0.474. The molecule has 0 spiro atoms. The Morgan fingerprint density at radius 3 is 2.57 bits per heavy atom. The van der Waals surface area contributed by atoms with Crippen molar-refractivity contribution in [3.63, 3.8) is 0 Å². The first-order valence-electron chi connectivity index (χ1n) is 8.60. The average molecular weight is 310 g/mol. The number of hydrogen-bond donors (Lipinski definition) is 2. The first kappa shape index (κ1) is 15.8. The van der Waals surface area contributed by atoms with Gasteiger partial charge in [0.05, 0.1) is 0 Å². The summed E-state index contributed by atoms with van der Waals surface area (Å²) >= 11 is 0. The standard InChI is InChI=1S/C19H26N4/c1-13(2)16-10-6-7-11-17(16)22-19-20-14(3)12-18(23-19)21-15-8-4-5-9-15/h6-7,10-13,15H,4-5,8-9H2,1-3H3,(H2,20,21,22,23). The van der Waals surface area contributed by atoms with Crippen LogP contribution in [0.4, 0.5) is 17.5 Å². The third-order valence-corrected chi connectivity index (χ3v) is 4.39. The Balaban J connectivity index is 1.81. The molecule has 0 bridgehead atoms. The third kappa shape index (κ3) is 4.01. The molecule has 122 valence electrons. The van der Waals surface area contributed by atoms with Crippen molar-refractivity contribution in [3.05, 3.63) is 41.6 Å². The number of rotatable bonds is 5. The summed E-state index contributed by atoms with van der Waals surface area (Å²) in [7, 11) is 0. The third-order valence-electron chi connectivity index (χ3n) is 4.39. The number of anilines is 3. The molecular weight excluding hydrogens is 284 g/mol. The summed E-state index contributed by atoms with van der Waals surface area (Å²) in [6.45, 7) is 6.41. The van der Waals surface area contributed by atoms with Crippen LogP contribution in [0.25, 0.3) is 0 Å². The number of aromatic nitrogens is 2. The summed E-state index contributed by atoms with van der Waals surface area (Å²) in [6.07, 6.45) is 5.10. The maximum absolute atomic E-state index is 4.66. The van der Waals surface area contributed by atoms with Crippen LogP contribution in [0.1, 0.15) is 56.7 Å². The van der Waals surface area contributed by atoms with Gasteiger partial charge in [0, 0.05) is 23.5 Å². The van der Waals surface area contributed by atoms with Crippen molar-refractivity contribution in [3.8, 4) is 0 Å². The Hall–Kier alpha value is -2.10. The van der Waals surface area contributed by atoms with Gasteiger partial charge in [-0.25, -0.2) is 4.98 Å². The van der Waals surface area contributed by atoms with E-state index in [1.165, 1.54) is 31.2 Å². The molecule has 23 heavy (non-hydrogen) atoms. The minimum atomic E-state index is 0.458. The van der Waals surface area contributed by atoms with Crippen molar-refractivity contribution in [1.82, 2.24) is 9.97 Å². The highest BCUT2D eigenvalue weighted by Crippen LogP contribution is 2.27. The highest BCUT2D eigenvalue weighted by molar-refractivity contribution is 5.60. The smallest absolute Gasteiger partial charge is 0.229 e. The van der Waals surface area contributed by atoms with Gasteiger partial charge in [0.25, 0.3) is 0 Å². The van der Waals surface area contributed by atoms with Crippen LogP contribution >= 0.6 is 0 Å². The fourth-order valence-electron chi connectivity index (χ4n) is 3.21. The zero-order valence-corrected chi connectivity index (χ0v) is 14.3. The van der Waals surface area contributed by atoms with E-state index in [0.29, 0.717) is 17.9 Å². The summed E-state index contributed by atoms with van der Waals surface area (Å²) in [4.78, 5) is 9.20. The lowest BCUT2D eigenvalue weighted by Crippen LogP contribution is -2.16. The van der Waals surface area contributed by atoms with E-state index in [4.69, 9.17) is 0 Å². The number of nitrogens with zero attached hydrogens (tertiary/aromatic N) is 2. The Morgan fingerprint density at radius 2 is 1.83 bits per heavy atom. The van der Waals surface area contributed by atoms with E-state index in [-0.39, 0.29) is 0 Å². The molecule has 1 fully saturated rings. The number of nitrogens with one attached hydrogen (secondary N) is 2. The molecule has 0 atom stereocenters. The molecule has 0 amide bonds. The van der Waals surface area contributed by atoms with Gasteiger partial charge in [-0.1, -0.05) is 44.9 Å². The molecule has 1 aromatic carbocycles. The summed E-state index contributed by atoms with van der Waals surface area (Å²) < 4.78 is 0. The van der Waals surface area contributed by atoms with Gasteiger partial charge in [0.15, 0.2) is 0 Å². The van der Waals surface area contributed by atoms with Gasteiger partial charge in [0.2, 0.25) is 5.95 Å². The summed E-state index contributed by atoms with van der Waals surface area (Å²) in [5.74, 6) is 2.05. The van der Waals surface area contributed by atoms with E-state index in [2.05, 4.69) is 52.6 Å². The minimum absolute atomic E-state index is 0.458. The van der Waals surface area contributed by atoms with E-state index < -0.39 is 0 Å². The Bertz CT molecular complexity index is 660. The van der Waals surface area contributed by atoms with Gasteiger partial charge in [-0.2, -0.15) is 4.98 Å². The molecule has 2 aromatic rings. The Kier molecular flexibility index (Phi) is 4.79. The van der Waals surface area contributed by atoms with Crippen molar-refractivity contribution in [2.24, 2.45) is 0 Å². The van der Waals surface area contributed by atoms with E-state index in [1.54, 1.807) is 0 Å². The molecule has 0 aliphatic heterocycles. The molecule has 2 N–H and O–H groups in total. The quantitative estimate of drug-likeness (QED) is 0.815. The van der Waals surface area contributed by atoms with E-state index in [0.717, 1.165) is 17.2 Å². The molecule has 0 unspecified atom stereocenters. The molecule has 1 saturated carbocycles. The molecule has 3 rings (SSSR count). The second-order valence-electron chi connectivity index (χ2n) is 6.71. The molecule has 0 radical (unpaired) electrons. The monoisotopic (exact) mass is 310 g/mol. The number of aryl methyl sites for hydroxylation is 1. The predicted octanol–water partition coefficient (Wildman–Crippen LogP) is 5.01. The Morgan fingerprint density at radius 1 is 1.09 bits per heavy atom. The zero-order valence-electron chi connectivity index (χ0n) is 14.3. The van der Waals surface area contributed by atoms with E-state index >= 15 is 0 Å². The topological polar surface area (TPSA) is 49.8 Å². The van der Waals surface area contributed by atoms with Gasteiger partial charge in [0.1, 0.15) is 5.82 Å². The van der Waals surface area contributed by atoms with Crippen molar-refractivity contribution in [1.29, 1.82) is 0 Å². The number of para-hydroxylation sites is 1. The minimum Gasteiger partial charge on any atom is -0.367 e. The van der Waals surface area contributed by atoms with Gasteiger partial charge in [-0.15, -0.1) is 0 Å². The number of benzene rings is 1. The van der Waals surface area contributed by atoms with Crippen LogP contribution in [0.15, 0.2) is 30.3 Å². The lowest BCUT2D eigenvalue weighted by Gasteiger charge is -2.16. The van der Waals surface area contributed by atoms with Crippen molar-refractivity contribution in [2.75, 3.05) is 10.6 Å². The first-order chi connectivity index (χ1) is 11.1. The van der Waals surface area contributed by atoms with E-state index in [1.807, 2.05) is 19.1 Å². The van der Waals surface area contributed by atoms with Crippen LogP contribution in [0.2, 0.25) is 0 Å². The SMILES string of the molecule is Cc1cc(NC2CCCC2)nc(Nc2ccccc2C(C)C)n1. The molecule has 1 heterocycles. The van der Waals surface area contributed by atoms with Crippen molar-refractivity contribution in [2.45, 2.75) is 58.4 Å². The average Bonchev–Trinajstić information content (AvgIpc) is 3.00. The molecule has 1 aromatic heterocycles. The largest absolute Gasteiger partial charge is 0.367 e. The van der Waals surface area contributed by atoms with Crippen molar-refractivity contribution < 1.29 is 0 Å². The summed E-state index contributed by atoms with van der Waals surface area (Å²) in [6, 6.07) is 10.9. The molecule has 4 nitrogen and oxygen atoms in total. The highest BCUT2D eigenvalue weighted by Gasteiger charge is 2.16. The fourth-order valence-corrected chi connectivity index (χ4v) is 3.21. The first-order valence-corrected chi connectivity index (χ1v) is 8.60. The summed E-state index contributed by atoms with van der Waals surface area (Å²) in [5, 5.41) is 6.95. The van der Waals surface area contributed by atoms with Crippen LogP contribution in [-0.4, -0.2) is 16.0 Å². The molecule has 4 heteroatoms. The lowest BCUT2D eigenvalue weighted by molar-refractivity contribution is 0.749. The van der Waals surface area contributed by atoms with E-state index in [9.17, 15) is 0 Å². The van der Waals surface area contributed by atoms with Crippen LogP contribution in [0, 0.1) is 6.92 Å². The Labute approximate surface area is 138 Å². The molecule has 0 saturated heterocycles. The van der Waals surface area contributed by atoms with Crippen molar-refractivity contribution >= 4 is 17.5 Å². The molecule has 1 aliphatic carbocycles. The maximum atomic E-state index is 4.66. The highest BCUT2D eigenvalue weighted by atomic mass is 15.2. The predicted molar refractivity (Wildman–Crippen MR) is 96.5 cm³/mol. The molecule has 1 aliphatic rings. The van der Waals surface area contributed by atoms with Gasteiger partial charge >= 0.3 is 0 Å².